The molecule has 0 nitrogen and oxygen atoms in total. The van der Waals surface area contributed by atoms with Crippen LogP contribution in [0.15, 0.2) is 61.2 Å². The van der Waals surface area contributed by atoms with Crippen molar-refractivity contribution >= 4 is 7.85 Å². The molecule has 0 heterocycles. The first-order valence-electron chi connectivity index (χ1n) is 14.8. The van der Waals surface area contributed by atoms with Gasteiger partial charge in [-0.1, -0.05) is 73.8 Å². The third kappa shape index (κ3) is 5.94. The van der Waals surface area contributed by atoms with Crippen LogP contribution in [-0.2, 0) is 6.32 Å². The van der Waals surface area contributed by atoms with Crippen LogP contribution in [0.1, 0.15) is 81.3 Å². The molecule has 5 rings (SSSR count). The Hall–Kier alpha value is -2.82. The molecule has 0 N–H and O–H groups in total. The lowest BCUT2D eigenvalue weighted by Gasteiger charge is -2.38. The minimum Gasteiger partial charge on any atom is -0.203 e. The molecule has 2 saturated carbocycles. The van der Waals surface area contributed by atoms with E-state index < -0.39 is 23.3 Å². The molecule has 2 fully saturated rings. The Morgan fingerprint density at radius 2 is 1.18 bits per heavy atom. The van der Waals surface area contributed by atoms with Gasteiger partial charge in [-0.3, -0.25) is 0 Å². The zero-order valence-electron chi connectivity index (χ0n) is 23.1. The average Bonchev–Trinajstić information content (AvgIpc) is 2.99. The summed E-state index contributed by atoms with van der Waals surface area (Å²) in [4.78, 5) is 0. The minimum absolute atomic E-state index is 0.0421. The molecule has 3 aromatic carbocycles. The van der Waals surface area contributed by atoms with E-state index in [4.69, 9.17) is 7.85 Å². The van der Waals surface area contributed by atoms with Gasteiger partial charge in [0.25, 0.3) is 0 Å². The van der Waals surface area contributed by atoms with Crippen LogP contribution in [0.25, 0.3) is 22.3 Å². The predicted octanol–water partition coefficient (Wildman–Crippen LogP) is 10.3. The van der Waals surface area contributed by atoms with E-state index in [0.29, 0.717) is 22.6 Å². The first-order chi connectivity index (χ1) is 19.4. The Balaban J connectivity index is 1.24. The summed E-state index contributed by atoms with van der Waals surface area (Å²) in [5, 5.41) is 0. The van der Waals surface area contributed by atoms with Crippen molar-refractivity contribution in [1.29, 1.82) is 0 Å². The summed E-state index contributed by atoms with van der Waals surface area (Å²) >= 11 is 0. The molecular formula is C35H37BF4. The molecule has 0 bridgehead atoms. The smallest absolute Gasteiger partial charge is 0.166 e. The van der Waals surface area contributed by atoms with Crippen molar-refractivity contribution in [2.45, 2.75) is 76.4 Å². The van der Waals surface area contributed by atoms with Crippen LogP contribution in [0.2, 0.25) is 0 Å². The highest BCUT2D eigenvalue weighted by molar-refractivity contribution is 6.08. The summed E-state index contributed by atoms with van der Waals surface area (Å²) in [6, 6.07) is 12.7. The van der Waals surface area contributed by atoms with E-state index in [9.17, 15) is 8.78 Å². The molecule has 3 aromatic rings. The molecule has 0 aromatic heterocycles. The largest absolute Gasteiger partial charge is 0.203 e. The third-order valence-corrected chi connectivity index (χ3v) is 9.55. The van der Waals surface area contributed by atoms with E-state index in [0.717, 1.165) is 43.9 Å². The summed E-state index contributed by atoms with van der Waals surface area (Å²) in [6.45, 7) is 3.85. The average molecular weight is 544 g/mol. The van der Waals surface area contributed by atoms with E-state index in [1.54, 1.807) is 36.4 Å². The molecular weight excluding hydrogens is 507 g/mol. The summed E-state index contributed by atoms with van der Waals surface area (Å²) in [7, 11) is 5.46. The second-order valence-electron chi connectivity index (χ2n) is 11.8. The van der Waals surface area contributed by atoms with Crippen molar-refractivity contribution < 1.29 is 17.6 Å². The zero-order valence-corrected chi connectivity index (χ0v) is 23.1. The van der Waals surface area contributed by atoms with Gasteiger partial charge in [0.1, 0.15) is 0 Å². The molecule has 5 heteroatoms. The quantitative estimate of drug-likeness (QED) is 0.150. The molecule has 0 atom stereocenters. The maximum absolute atomic E-state index is 15.4. The number of allylic oxidation sites excluding steroid dienone is 1. The monoisotopic (exact) mass is 544 g/mol. The van der Waals surface area contributed by atoms with Gasteiger partial charge in [0, 0.05) is 11.1 Å². The number of hydrogen-bond donors (Lipinski definition) is 0. The lowest BCUT2D eigenvalue weighted by Crippen LogP contribution is -2.25. The standard InChI is InChI=1S/C35H37BF4/c1-2-3-4-22-5-7-23(8-6-22)24-9-11-25(12-10-24)30-19-20-31(35(40)34(30)39)27-15-13-26(14-16-27)29-18-17-28(21-36)32(37)33(29)38/h2,13-20,22-25H,1,3-12,21H2. The number of benzene rings is 3. The zero-order chi connectivity index (χ0) is 28.2. The van der Waals surface area contributed by atoms with Crippen molar-refractivity contribution in [3.8, 4) is 22.3 Å². The van der Waals surface area contributed by atoms with Crippen molar-refractivity contribution in [2.75, 3.05) is 0 Å². The fourth-order valence-corrected chi connectivity index (χ4v) is 7.11. The van der Waals surface area contributed by atoms with Crippen molar-refractivity contribution in [3.63, 3.8) is 0 Å². The van der Waals surface area contributed by atoms with E-state index in [2.05, 4.69) is 6.58 Å². The van der Waals surface area contributed by atoms with Gasteiger partial charge in [-0.2, -0.15) is 0 Å². The minimum atomic E-state index is -0.969. The molecule has 2 radical (unpaired) electrons. The molecule has 0 spiro atoms. The van der Waals surface area contributed by atoms with Crippen LogP contribution in [0.5, 0.6) is 0 Å². The van der Waals surface area contributed by atoms with Crippen molar-refractivity contribution in [1.82, 2.24) is 0 Å². The highest BCUT2D eigenvalue weighted by Crippen LogP contribution is 2.45. The number of halogens is 4. The molecule has 0 aliphatic heterocycles. The lowest BCUT2D eigenvalue weighted by atomic mass is 9.68. The lowest BCUT2D eigenvalue weighted by molar-refractivity contribution is 0.156. The topological polar surface area (TPSA) is 0 Å². The highest BCUT2D eigenvalue weighted by Gasteiger charge is 2.32. The molecule has 0 amide bonds. The highest BCUT2D eigenvalue weighted by atomic mass is 19.2. The summed E-state index contributed by atoms with van der Waals surface area (Å²) in [5.41, 5.74) is 1.77. The number of hydrogen-bond acceptors (Lipinski definition) is 0. The Morgan fingerprint density at radius 1 is 0.650 bits per heavy atom. The Kier molecular flexibility index (Phi) is 9.18. The van der Waals surface area contributed by atoms with Crippen LogP contribution in [0.3, 0.4) is 0 Å². The van der Waals surface area contributed by atoms with Gasteiger partial charge in [-0.05, 0) is 97.3 Å². The SMILES string of the molecule is [B]Cc1ccc(-c2ccc(-c3ccc(C4CCC(C5CCC(CCC=C)CC5)CC4)c(F)c3F)cc2)c(F)c1F. The van der Waals surface area contributed by atoms with Gasteiger partial charge < -0.3 is 0 Å². The van der Waals surface area contributed by atoms with Gasteiger partial charge in [-0.25, -0.2) is 17.6 Å². The normalized spacial score (nSPS) is 23.2. The van der Waals surface area contributed by atoms with Gasteiger partial charge >= 0.3 is 0 Å². The predicted molar refractivity (Wildman–Crippen MR) is 156 cm³/mol. The summed E-state index contributed by atoms with van der Waals surface area (Å²) in [5.74, 6) is -1.20. The maximum atomic E-state index is 15.4. The Morgan fingerprint density at radius 3 is 1.73 bits per heavy atom. The molecule has 208 valence electrons. The van der Waals surface area contributed by atoms with E-state index >= 15 is 8.78 Å². The van der Waals surface area contributed by atoms with Crippen molar-refractivity contribution in [2.24, 2.45) is 17.8 Å². The third-order valence-electron chi connectivity index (χ3n) is 9.55. The van der Waals surface area contributed by atoms with Crippen LogP contribution in [0.4, 0.5) is 17.6 Å². The van der Waals surface area contributed by atoms with Crippen LogP contribution in [0, 0.1) is 41.0 Å². The van der Waals surface area contributed by atoms with Gasteiger partial charge in [-0.15, -0.1) is 6.58 Å². The summed E-state index contributed by atoms with van der Waals surface area (Å²) < 4.78 is 59.4. The fourth-order valence-electron chi connectivity index (χ4n) is 7.11. The fraction of sp³-hybridized carbons (Fsp3) is 0.429. The molecule has 2 aliphatic rings. The van der Waals surface area contributed by atoms with Crippen LogP contribution >= 0.6 is 0 Å². The van der Waals surface area contributed by atoms with E-state index in [1.165, 1.54) is 44.2 Å². The Labute approximate surface area is 237 Å². The first-order valence-corrected chi connectivity index (χ1v) is 14.8. The van der Waals surface area contributed by atoms with Gasteiger partial charge in [0.05, 0.1) is 7.85 Å². The van der Waals surface area contributed by atoms with Crippen LogP contribution < -0.4 is 0 Å². The second kappa shape index (κ2) is 12.8. The molecule has 0 saturated heterocycles. The van der Waals surface area contributed by atoms with Crippen LogP contribution in [-0.4, -0.2) is 7.85 Å². The van der Waals surface area contributed by atoms with Gasteiger partial charge in [0.15, 0.2) is 23.3 Å². The Bertz CT molecular complexity index is 1320. The van der Waals surface area contributed by atoms with E-state index in [1.807, 2.05) is 6.08 Å². The van der Waals surface area contributed by atoms with E-state index in [-0.39, 0.29) is 28.9 Å². The molecule has 2 aliphatic carbocycles. The maximum Gasteiger partial charge on any atom is 0.166 e. The second-order valence-corrected chi connectivity index (χ2v) is 11.8. The first kappa shape index (κ1) is 28.7. The molecule has 40 heavy (non-hydrogen) atoms. The molecule has 0 unspecified atom stereocenters. The van der Waals surface area contributed by atoms with Crippen molar-refractivity contribution in [3.05, 3.63) is 95.6 Å². The van der Waals surface area contributed by atoms with Gasteiger partial charge in [0.2, 0.25) is 0 Å². The number of rotatable bonds is 8. The summed E-state index contributed by atoms with van der Waals surface area (Å²) in [6.07, 6.45) is 13.5.